The van der Waals surface area contributed by atoms with Crippen LogP contribution in [0.3, 0.4) is 0 Å². The van der Waals surface area contributed by atoms with E-state index in [0.717, 1.165) is 64.5 Å². The Labute approximate surface area is 197 Å². The van der Waals surface area contributed by atoms with Crippen LogP contribution in [0.4, 0.5) is 11.4 Å². The molecule has 0 spiro atoms. The van der Waals surface area contributed by atoms with Crippen LogP contribution in [0.25, 0.3) is 4.85 Å². The number of carbonyl (C=O) groups is 1. The first-order valence-corrected chi connectivity index (χ1v) is 12.0. The SMILES string of the molecule is [C-]#[N+]c1cccc(N(CC2(N3CCN(Cc4ccccc4)CC3)CCOCC2)C(=O)CC)c1. The molecule has 0 atom stereocenters. The fraction of sp³-hybridized carbons (Fsp3) is 0.481. The van der Waals surface area contributed by atoms with Gasteiger partial charge in [0.2, 0.25) is 5.91 Å². The second kappa shape index (κ2) is 10.9. The van der Waals surface area contributed by atoms with Gasteiger partial charge < -0.3 is 9.64 Å². The zero-order valence-corrected chi connectivity index (χ0v) is 19.6. The minimum Gasteiger partial charge on any atom is -0.381 e. The summed E-state index contributed by atoms with van der Waals surface area (Å²) in [6, 6.07) is 18.1. The predicted octanol–water partition coefficient (Wildman–Crippen LogP) is 4.35. The maximum atomic E-state index is 13.1. The summed E-state index contributed by atoms with van der Waals surface area (Å²) in [5.41, 5.74) is 2.64. The Kier molecular flexibility index (Phi) is 7.77. The standard InChI is InChI=1S/C27H34N4O2/c1-3-26(32)31(25-11-7-10-24(20-25)28-2)22-27(12-18-33-19-13-27)30-16-14-29(15-17-30)21-23-8-5-4-6-9-23/h4-11,20H,3,12-19,21-22H2,1H3. The largest absolute Gasteiger partial charge is 0.381 e. The average Bonchev–Trinajstić information content (AvgIpc) is 2.88. The molecule has 0 aromatic heterocycles. The molecule has 4 rings (SSSR count). The van der Waals surface area contributed by atoms with Crippen molar-refractivity contribution in [3.05, 3.63) is 71.6 Å². The molecule has 0 radical (unpaired) electrons. The molecular formula is C27H34N4O2. The Balaban J connectivity index is 1.51. The van der Waals surface area contributed by atoms with E-state index in [1.807, 2.05) is 30.0 Å². The number of amides is 1. The maximum absolute atomic E-state index is 13.1. The molecule has 6 heteroatoms. The monoisotopic (exact) mass is 446 g/mol. The summed E-state index contributed by atoms with van der Waals surface area (Å²) in [6.45, 7) is 16.4. The third-order valence-electron chi connectivity index (χ3n) is 7.04. The topological polar surface area (TPSA) is 40.4 Å². The van der Waals surface area contributed by atoms with E-state index in [4.69, 9.17) is 11.3 Å². The van der Waals surface area contributed by atoms with E-state index in [9.17, 15) is 4.79 Å². The summed E-state index contributed by atoms with van der Waals surface area (Å²) in [7, 11) is 0. The molecule has 2 aromatic carbocycles. The van der Waals surface area contributed by atoms with Crippen molar-refractivity contribution in [3.8, 4) is 0 Å². The van der Waals surface area contributed by atoms with Crippen LogP contribution in [0.15, 0.2) is 54.6 Å². The minimum absolute atomic E-state index is 0.101. The van der Waals surface area contributed by atoms with Crippen molar-refractivity contribution >= 4 is 17.3 Å². The highest BCUT2D eigenvalue weighted by Gasteiger charge is 2.42. The number of rotatable bonds is 7. The maximum Gasteiger partial charge on any atom is 0.226 e. The lowest BCUT2D eigenvalue weighted by Crippen LogP contribution is -2.63. The summed E-state index contributed by atoms with van der Waals surface area (Å²) in [5.74, 6) is 0.103. The zero-order valence-electron chi connectivity index (χ0n) is 19.6. The smallest absolute Gasteiger partial charge is 0.226 e. The van der Waals surface area contributed by atoms with E-state index >= 15 is 0 Å². The first-order valence-electron chi connectivity index (χ1n) is 12.0. The molecule has 2 aliphatic rings. The van der Waals surface area contributed by atoms with Gasteiger partial charge in [0.25, 0.3) is 0 Å². The number of hydrogen-bond donors (Lipinski definition) is 0. The Morgan fingerprint density at radius 3 is 2.45 bits per heavy atom. The summed E-state index contributed by atoms with van der Waals surface area (Å²) < 4.78 is 5.75. The van der Waals surface area contributed by atoms with Crippen LogP contribution in [-0.4, -0.2) is 67.2 Å². The number of nitrogens with zero attached hydrogens (tertiary/aromatic N) is 4. The van der Waals surface area contributed by atoms with Crippen molar-refractivity contribution < 1.29 is 9.53 Å². The third-order valence-corrected chi connectivity index (χ3v) is 7.04. The van der Waals surface area contributed by atoms with Crippen molar-refractivity contribution in [2.75, 3.05) is 50.8 Å². The van der Waals surface area contributed by atoms with E-state index in [0.29, 0.717) is 18.7 Å². The predicted molar refractivity (Wildman–Crippen MR) is 131 cm³/mol. The molecule has 2 saturated heterocycles. The van der Waals surface area contributed by atoms with E-state index in [-0.39, 0.29) is 11.4 Å². The van der Waals surface area contributed by atoms with Crippen LogP contribution >= 0.6 is 0 Å². The second-order valence-electron chi connectivity index (χ2n) is 9.05. The molecule has 2 aromatic rings. The molecule has 2 fully saturated rings. The van der Waals surface area contributed by atoms with Gasteiger partial charge in [0, 0.05) is 70.1 Å². The Morgan fingerprint density at radius 1 is 1.06 bits per heavy atom. The second-order valence-corrected chi connectivity index (χ2v) is 9.05. The average molecular weight is 447 g/mol. The molecule has 33 heavy (non-hydrogen) atoms. The lowest BCUT2D eigenvalue weighted by Gasteiger charge is -2.51. The van der Waals surface area contributed by atoms with Gasteiger partial charge in [-0.05, 0) is 30.5 Å². The van der Waals surface area contributed by atoms with Crippen molar-refractivity contribution in [2.24, 2.45) is 0 Å². The third kappa shape index (κ3) is 5.62. The van der Waals surface area contributed by atoms with Crippen molar-refractivity contribution in [1.29, 1.82) is 0 Å². The Bertz CT molecular complexity index is 958. The van der Waals surface area contributed by atoms with Gasteiger partial charge >= 0.3 is 0 Å². The van der Waals surface area contributed by atoms with Crippen molar-refractivity contribution in [1.82, 2.24) is 9.80 Å². The molecule has 0 N–H and O–H groups in total. The molecule has 174 valence electrons. The normalized spacial score (nSPS) is 19.0. The number of hydrogen-bond acceptors (Lipinski definition) is 4. The van der Waals surface area contributed by atoms with Crippen LogP contribution in [-0.2, 0) is 16.1 Å². The number of anilines is 1. The van der Waals surface area contributed by atoms with E-state index in [1.54, 1.807) is 6.07 Å². The fourth-order valence-corrected chi connectivity index (χ4v) is 5.09. The van der Waals surface area contributed by atoms with Gasteiger partial charge in [0.05, 0.1) is 6.57 Å². The lowest BCUT2D eigenvalue weighted by molar-refractivity contribution is -0.119. The molecule has 6 nitrogen and oxygen atoms in total. The molecule has 0 unspecified atom stereocenters. The van der Waals surface area contributed by atoms with Gasteiger partial charge in [-0.15, -0.1) is 0 Å². The van der Waals surface area contributed by atoms with Crippen molar-refractivity contribution in [3.63, 3.8) is 0 Å². The summed E-state index contributed by atoms with van der Waals surface area (Å²) in [6.07, 6.45) is 2.28. The first kappa shape index (κ1) is 23.4. The Hall–Kier alpha value is -2.72. The quantitative estimate of drug-likeness (QED) is 0.593. The summed E-state index contributed by atoms with van der Waals surface area (Å²) >= 11 is 0. The molecule has 2 aliphatic heterocycles. The van der Waals surface area contributed by atoms with Gasteiger partial charge in [-0.1, -0.05) is 49.4 Å². The highest BCUT2D eigenvalue weighted by Crippen LogP contribution is 2.33. The van der Waals surface area contributed by atoms with Gasteiger partial charge in [0.15, 0.2) is 5.69 Å². The van der Waals surface area contributed by atoms with Crippen LogP contribution in [0, 0.1) is 6.57 Å². The molecule has 0 bridgehead atoms. The molecule has 0 saturated carbocycles. The van der Waals surface area contributed by atoms with Crippen molar-refractivity contribution in [2.45, 2.75) is 38.3 Å². The first-order chi connectivity index (χ1) is 16.1. The van der Waals surface area contributed by atoms with Gasteiger partial charge in [-0.25, -0.2) is 4.85 Å². The van der Waals surface area contributed by atoms with Gasteiger partial charge in [-0.2, -0.15) is 0 Å². The summed E-state index contributed by atoms with van der Waals surface area (Å²) in [5, 5.41) is 0. The number of benzene rings is 2. The van der Waals surface area contributed by atoms with Crippen LogP contribution in [0.2, 0.25) is 0 Å². The number of carbonyl (C=O) groups excluding carboxylic acids is 1. The number of ether oxygens (including phenoxy) is 1. The molecule has 0 aliphatic carbocycles. The molecule has 2 heterocycles. The lowest BCUT2D eigenvalue weighted by atomic mass is 9.86. The van der Waals surface area contributed by atoms with E-state index in [1.165, 1.54) is 5.56 Å². The highest BCUT2D eigenvalue weighted by atomic mass is 16.5. The Morgan fingerprint density at radius 2 is 1.79 bits per heavy atom. The zero-order chi connectivity index (χ0) is 23.1. The molecular weight excluding hydrogens is 412 g/mol. The summed E-state index contributed by atoms with van der Waals surface area (Å²) in [4.78, 5) is 23.7. The highest BCUT2D eigenvalue weighted by molar-refractivity contribution is 5.93. The van der Waals surface area contributed by atoms with Crippen LogP contribution in [0.1, 0.15) is 31.7 Å². The van der Waals surface area contributed by atoms with E-state index in [2.05, 4.69) is 45.0 Å². The fourth-order valence-electron chi connectivity index (χ4n) is 5.09. The van der Waals surface area contributed by atoms with Crippen LogP contribution in [0.5, 0.6) is 0 Å². The van der Waals surface area contributed by atoms with Crippen LogP contribution < -0.4 is 4.90 Å². The van der Waals surface area contributed by atoms with Gasteiger partial charge in [-0.3, -0.25) is 14.6 Å². The minimum atomic E-state index is -0.101. The molecule has 1 amide bonds. The van der Waals surface area contributed by atoms with E-state index < -0.39 is 0 Å². The van der Waals surface area contributed by atoms with Gasteiger partial charge in [0.1, 0.15) is 0 Å². The number of piperazine rings is 1.